The molecule has 2 heterocycles. The second-order valence-electron chi connectivity index (χ2n) is 12.0. The number of hydrazine groups is 2. The summed E-state index contributed by atoms with van der Waals surface area (Å²) in [5.41, 5.74) is 0.157. The molecule has 1 atom stereocenters. The van der Waals surface area contributed by atoms with Crippen LogP contribution < -0.4 is 15.2 Å². The van der Waals surface area contributed by atoms with Crippen molar-refractivity contribution in [3.05, 3.63) is 60.2 Å². The second-order valence-corrected chi connectivity index (χ2v) is 13.0. The summed E-state index contributed by atoms with van der Waals surface area (Å²) in [6, 6.07) is 14.9. The Kier molecular flexibility index (Phi) is 12.0. The first-order valence-electron chi connectivity index (χ1n) is 16.0. The van der Waals surface area contributed by atoms with Gasteiger partial charge in [-0.05, 0) is 79.7 Å². The van der Waals surface area contributed by atoms with Gasteiger partial charge in [-0.25, -0.2) is 29.6 Å². The van der Waals surface area contributed by atoms with Crippen LogP contribution in [0.25, 0.3) is 0 Å². The van der Waals surface area contributed by atoms with E-state index in [1.165, 1.54) is 7.11 Å². The van der Waals surface area contributed by atoms with E-state index in [9.17, 15) is 24.0 Å². The van der Waals surface area contributed by atoms with Gasteiger partial charge in [-0.3, -0.25) is 4.79 Å². The Bertz CT molecular complexity index is 1700. The number of hydrazone groups is 1. The molecule has 2 aromatic carbocycles. The highest BCUT2D eigenvalue weighted by molar-refractivity contribution is 8.12. The topological polar surface area (TPSA) is 181 Å². The zero-order chi connectivity index (χ0) is 37.6. The number of hydrogen-bond donors (Lipinski definition) is 1. The molecule has 2 aromatic rings. The molecule has 274 valence electrons. The maximum atomic E-state index is 14.9. The van der Waals surface area contributed by atoms with E-state index in [4.69, 9.17) is 28.7 Å². The summed E-state index contributed by atoms with van der Waals surface area (Å²) in [5, 5.41) is 6.54. The van der Waals surface area contributed by atoms with Gasteiger partial charge in [0.05, 0.1) is 49.2 Å². The maximum absolute atomic E-state index is 14.9. The van der Waals surface area contributed by atoms with Gasteiger partial charge in [0.25, 0.3) is 5.66 Å². The zero-order valence-corrected chi connectivity index (χ0v) is 30.5. The molecular formula is C33H41N7O10S. The Morgan fingerprint density at radius 1 is 0.784 bits per heavy atom. The summed E-state index contributed by atoms with van der Waals surface area (Å²) in [5.74, 6) is -0.653. The fraction of sp³-hybridized carbons (Fsp3) is 0.424. The Labute approximate surface area is 299 Å². The van der Waals surface area contributed by atoms with Gasteiger partial charge < -0.3 is 23.7 Å². The summed E-state index contributed by atoms with van der Waals surface area (Å²) in [4.78, 5) is 74.1. The number of aliphatic imine (C=N–C) groups is 1. The predicted molar refractivity (Wildman–Crippen MR) is 186 cm³/mol. The summed E-state index contributed by atoms with van der Waals surface area (Å²) in [6.07, 6.45) is -7.24. The van der Waals surface area contributed by atoms with Gasteiger partial charge in [0, 0.05) is 5.56 Å². The lowest BCUT2D eigenvalue weighted by atomic mass is 9.96. The molecule has 51 heavy (non-hydrogen) atoms. The molecule has 2 aliphatic rings. The number of methoxy groups -OCH3 is 1. The molecule has 2 aliphatic heterocycles. The summed E-state index contributed by atoms with van der Waals surface area (Å²) < 4.78 is 27.9. The van der Waals surface area contributed by atoms with Crippen LogP contribution in [-0.4, -0.2) is 92.8 Å². The molecule has 0 fully saturated rings. The van der Waals surface area contributed by atoms with Crippen LogP contribution in [0.1, 0.15) is 61.0 Å². The van der Waals surface area contributed by atoms with Crippen molar-refractivity contribution in [1.82, 2.24) is 19.9 Å². The number of hydrogen-bond acceptors (Lipinski definition) is 13. The smallest absolute Gasteiger partial charge is 0.440 e. The first kappa shape index (κ1) is 38.3. The molecule has 0 aliphatic carbocycles. The number of carbonyl (C=O) groups excluding carboxylic acids is 5. The third-order valence-corrected chi connectivity index (χ3v) is 7.41. The number of nitrogens with zero attached hydrogens (tertiary/aromatic N) is 6. The average molecular weight is 728 g/mol. The monoisotopic (exact) mass is 727 g/mol. The van der Waals surface area contributed by atoms with Crippen LogP contribution in [0.5, 0.6) is 5.75 Å². The Morgan fingerprint density at radius 3 is 1.94 bits per heavy atom. The molecule has 1 spiro atoms. The van der Waals surface area contributed by atoms with E-state index in [0.717, 1.165) is 5.01 Å². The minimum atomic E-state index is -2.50. The van der Waals surface area contributed by atoms with Crippen molar-refractivity contribution in [1.29, 1.82) is 0 Å². The molecule has 0 saturated carbocycles. The van der Waals surface area contributed by atoms with Gasteiger partial charge >= 0.3 is 30.3 Å². The first-order chi connectivity index (χ1) is 24.1. The molecule has 5 amide bonds. The van der Waals surface area contributed by atoms with Crippen LogP contribution in [0.3, 0.4) is 0 Å². The second kappa shape index (κ2) is 16.0. The van der Waals surface area contributed by atoms with Gasteiger partial charge in [-0.2, -0.15) is 20.1 Å². The third kappa shape index (κ3) is 8.28. The van der Waals surface area contributed by atoms with Crippen LogP contribution >= 0.6 is 11.9 Å². The minimum Gasteiger partial charge on any atom is -0.496 e. The molecular weight excluding hydrogens is 686 g/mol. The number of anilines is 1. The van der Waals surface area contributed by atoms with Gasteiger partial charge in [0.15, 0.2) is 0 Å². The minimum absolute atomic E-state index is 0.143. The number of amidine groups is 1. The van der Waals surface area contributed by atoms with Crippen molar-refractivity contribution in [2.75, 3.05) is 12.1 Å². The van der Waals surface area contributed by atoms with E-state index in [-0.39, 0.29) is 17.0 Å². The lowest BCUT2D eigenvalue weighted by Gasteiger charge is -2.36. The van der Waals surface area contributed by atoms with Gasteiger partial charge in [-0.1, -0.05) is 30.3 Å². The fourth-order valence-corrected chi connectivity index (χ4v) is 5.55. The maximum Gasteiger partial charge on any atom is 0.440 e. The Balaban J connectivity index is 2.03. The molecule has 1 N–H and O–H groups in total. The normalized spacial score (nSPS) is 16.9. The number of rotatable bonds is 7. The third-order valence-electron chi connectivity index (χ3n) is 6.56. The Morgan fingerprint density at radius 2 is 1.35 bits per heavy atom. The molecule has 4 rings (SSSR count). The van der Waals surface area contributed by atoms with Crippen LogP contribution in [0.4, 0.5) is 24.9 Å². The van der Waals surface area contributed by atoms with Crippen molar-refractivity contribution >= 4 is 58.8 Å². The van der Waals surface area contributed by atoms with E-state index in [1.54, 1.807) is 110 Å². The zero-order valence-electron chi connectivity index (χ0n) is 29.7. The van der Waals surface area contributed by atoms with Crippen LogP contribution in [0.2, 0.25) is 0 Å². The van der Waals surface area contributed by atoms with E-state index >= 15 is 0 Å². The standard InChI is InChI=1S/C33H41N7O10S/c1-19(2)47-29(42)36-40(32(45)50-22(7)8)51-28-34-33(39(31(44)49-21(5)6)38(28)30(43)48-20(3)4)26(24-17-13-14-18-25(24)46-9)35-37(27(33)41)23-15-11-10-12-16-23/h10-22H,1-9H3,(H,36,42). The largest absolute Gasteiger partial charge is 0.496 e. The summed E-state index contributed by atoms with van der Waals surface area (Å²) in [6.45, 7) is 12.6. The molecule has 0 aromatic heterocycles. The molecule has 1 unspecified atom stereocenters. The van der Waals surface area contributed by atoms with Crippen LogP contribution in [0.15, 0.2) is 64.7 Å². The fourth-order valence-electron chi connectivity index (χ4n) is 4.74. The van der Waals surface area contributed by atoms with Gasteiger partial charge in [0.2, 0.25) is 5.17 Å². The van der Waals surface area contributed by atoms with Crippen molar-refractivity contribution < 1.29 is 47.7 Å². The molecule has 0 bridgehead atoms. The highest BCUT2D eigenvalue weighted by Gasteiger charge is 2.67. The lowest BCUT2D eigenvalue weighted by Crippen LogP contribution is -2.64. The first-order valence-corrected chi connectivity index (χ1v) is 16.8. The van der Waals surface area contributed by atoms with E-state index in [2.05, 4.69) is 10.5 Å². The number of benzene rings is 2. The van der Waals surface area contributed by atoms with Crippen LogP contribution in [-0.2, 0) is 23.7 Å². The van der Waals surface area contributed by atoms with Crippen molar-refractivity contribution in [3.8, 4) is 5.75 Å². The van der Waals surface area contributed by atoms with Gasteiger partial charge in [0.1, 0.15) is 11.5 Å². The van der Waals surface area contributed by atoms with Gasteiger partial charge in [-0.15, -0.1) is 4.41 Å². The lowest BCUT2D eigenvalue weighted by molar-refractivity contribution is -0.128. The van der Waals surface area contributed by atoms with Crippen molar-refractivity contribution in [2.24, 2.45) is 10.1 Å². The van der Waals surface area contributed by atoms with E-state index in [0.29, 0.717) is 32.1 Å². The number of para-hydroxylation sites is 2. The molecule has 0 radical (unpaired) electrons. The van der Waals surface area contributed by atoms with E-state index in [1.807, 2.05) is 0 Å². The number of ether oxygens (including phenoxy) is 5. The molecule has 17 nitrogen and oxygen atoms in total. The van der Waals surface area contributed by atoms with Crippen LogP contribution in [0, 0.1) is 0 Å². The quantitative estimate of drug-likeness (QED) is 0.211. The van der Waals surface area contributed by atoms with Crippen molar-refractivity contribution in [3.63, 3.8) is 0 Å². The highest BCUT2D eigenvalue weighted by Crippen LogP contribution is 2.44. The Hall–Kier alpha value is -5.52. The summed E-state index contributed by atoms with van der Waals surface area (Å²) in [7, 11) is 1.41. The molecule has 0 saturated heterocycles. The van der Waals surface area contributed by atoms with E-state index < -0.39 is 65.5 Å². The average Bonchev–Trinajstić information content (AvgIpc) is 3.53. The molecule has 18 heteroatoms. The highest BCUT2D eigenvalue weighted by atomic mass is 32.2. The predicted octanol–water partition coefficient (Wildman–Crippen LogP) is 5.67. The summed E-state index contributed by atoms with van der Waals surface area (Å²) >= 11 is 0.344. The number of carbonyl (C=O) groups is 5. The SMILES string of the molecule is COc1ccccc1C1=NN(c2ccccc2)C(=O)C12N=C(SN(NC(=O)OC(C)C)C(=O)OC(C)C)N(C(=O)OC(C)C)N2C(=O)OC(C)C. The number of amides is 5. The van der Waals surface area contributed by atoms with Crippen molar-refractivity contribution in [2.45, 2.75) is 85.5 Å². The number of nitrogens with one attached hydrogen (secondary N) is 1.